The lowest BCUT2D eigenvalue weighted by atomic mass is 10.0. The number of nitrogens with one attached hydrogen (secondary N) is 1. The van der Waals surface area contributed by atoms with E-state index in [1.807, 2.05) is 25.4 Å². The number of hydrogen-bond acceptors (Lipinski definition) is 5. The molecule has 0 amide bonds. The van der Waals surface area contributed by atoms with Crippen molar-refractivity contribution < 1.29 is 4.74 Å². The molecular weight excluding hydrogens is 376 g/mol. The second-order valence-corrected chi connectivity index (χ2v) is 7.66. The quantitative estimate of drug-likeness (QED) is 0.602. The van der Waals surface area contributed by atoms with Crippen LogP contribution in [0.4, 0.5) is 5.82 Å². The van der Waals surface area contributed by atoms with Crippen LogP contribution in [0.15, 0.2) is 59.7 Å². The Labute approximate surface area is 179 Å². The summed E-state index contributed by atoms with van der Waals surface area (Å²) in [6, 6.07) is 17.1. The van der Waals surface area contributed by atoms with E-state index >= 15 is 0 Å². The number of nitrogens with zero attached hydrogens (tertiary/aromatic N) is 5. The summed E-state index contributed by atoms with van der Waals surface area (Å²) in [6.07, 6.45) is 1.86. The van der Waals surface area contributed by atoms with Crippen LogP contribution in [0, 0.1) is 0 Å². The molecule has 0 aliphatic carbocycles. The Morgan fingerprint density at radius 3 is 2.40 bits per heavy atom. The highest BCUT2D eigenvalue weighted by molar-refractivity contribution is 5.80. The van der Waals surface area contributed by atoms with Gasteiger partial charge in [0.15, 0.2) is 5.96 Å². The lowest BCUT2D eigenvalue weighted by Gasteiger charge is -2.39. The number of pyridine rings is 1. The number of piperazine rings is 1. The summed E-state index contributed by atoms with van der Waals surface area (Å²) in [5.41, 5.74) is 1.34. The topological polar surface area (TPSA) is 56.2 Å². The summed E-state index contributed by atoms with van der Waals surface area (Å²) in [5.74, 6) is 2.03. The zero-order chi connectivity index (χ0) is 20.6. The minimum absolute atomic E-state index is 0.307. The van der Waals surface area contributed by atoms with Gasteiger partial charge in [-0.3, -0.25) is 9.89 Å². The number of rotatable bonds is 5. The van der Waals surface area contributed by atoms with Crippen LogP contribution >= 0.6 is 0 Å². The van der Waals surface area contributed by atoms with E-state index in [9.17, 15) is 0 Å². The number of aliphatic imine (C=N–C) groups is 1. The fourth-order valence-corrected chi connectivity index (χ4v) is 4.23. The van der Waals surface area contributed by atoms with E-state index in [1.165, 1.54) is 5.56 Å². The van der Waals surface area contributed by atoms with Gasteiger partial charge < -0.3 is 19.9 Å². The van der Waals surface area contributed by atoms with Crippen LogP contribution < -0.4 is 10.2 Å². The number of anilines is 1. The highest BCUT2D eigenvalue weighted by Crippen LogP contribution is 2.21. The first-order chi connectivity index (χ1) is 14.8. The van der Waals surface area contributed by atoms with Gasteiger partial charge in [-0.15, -0.1) is 0 Å². The summed E-state index contributed by atoms with van der Waals surface area (Å²) >= 11 is 0. The van der Waals surface area contributed by atoms with E-state index in [0.717, 1.165) is 70.8 Å². The Morgan fingerprint density at radius 2 is 1.73 bits per heavy atom. The van der Waals surface area contributed by atoms with Gasteiger partial charge in [0.2, 0.25) is 0 Å². The fraction of sp³-hybridized carbons (Fsp3) is 0.478. The first-order valence-electron chi connectivity index (χ1n) is 10.8. The lowest BCUT2D eigenvalue weighted by molar-refractivity contribution is 0.0169. The molecule has 1 aromatic carbocycles. The summed E-state index contributed by atoms with van der Waals surface area (Å²) in [4.78, 5) is 16.3. The first-order valence-corrected chi connectivity index (χ1v) is 10.8. The molecule has 2 fully saturated rings. The highest BCUT2D eigenvalue weighted by Gasteiger charge is 2.25. The van der Waals surface area contributed by atoms with Crippen molar-refractivity contribution in [2.45, 2.75) is 6.04 Å². The zero-order valence-corrected chi connectivity index (χ0v) is 17.8. The number of benzene rings is 1. The third-order valence-corrected chi connectivity index (χ3v) is 5.89. The summed E-state index contributed by atoms with van der Waals surface area (Å²) < 4.78 is 5.57. The molecule has 3 heterocycles. The number of ether oxygens (including phenoxy) is 1. The average Bonchev–Trinajstić information content (AvgIpc) is 2.84. The molecule has 30 heavy (non-hydrogen) atoms. The third kappa shape index (κ3) is 5.09. The van der Waals surface area contributed by atoms with Crippen LogP contribution in [0.2, 0.25) is 0 Å². The molecule has 0 radical (unpaired) electrons. The Balaban J connectivity index is 1.36. The van der Waals surface area contributed by atoms with Crippen molar-refractivity contribution in [1.29, 1.82) is 0 Å². The van der Waals surface area contributed by atoms with Crippen molar-refractivity contribution >= 4 is 11.8 Å². The van der Waals surface area contributed by atoms with Crippen LogP contribution in [-0.4, -0.2) is 86.8 Å². The number of hydrogen-bond donors (Lipinski definition) is 1. The standard InChI is InChI=1S/C23H32N6O/c1-24-23(29-13-11-28(12-14-29)22-9-5-6-10-25-22)26-19-21(20-7-3-2-4-8-20)27-15-17-30-18-16-27/h2-10,21H,11-19H2,1H3,(H,24,26). The van der Waals surface area contributed by atoms with Crippen molar-refractivity contribution in [3.63, 3.8) is 0 Å². The zero-order valence-electron chi connectivity index (χ0n) is 17.8. The molecule has 2 aliphatic rings. The van der Waals surface area contributed by atoms with E-state index in [0.29, 0.717) is 6.04 Å². The second kappa shape index (κ2) is 10.4. The molecule has 0 spiro atoms. The van der Waals surface area contributed by atoms with Crippen molar-refractivity contribution in [1.82, 2.24) is 20.1 Å². The van der Waals surface area contributed by atoms with Gasteiger partial charge in [-0.25, -0.2) is 4.98 Å². The molecule has 0 saturated carbocycles. The summed E-state index contributed by atoms with van der Waals surface area (Å²) in [6.45, 7) is 8.11. The maximum atomic E-state index is 5.57. The Kier molecular flexibility index (Phi) is 7.16. The molecule has 1 unspecified atom stereocenters. The lowest BCUT2D eigenvalue weighted by Crippen LogP contribution is -2.54. The molecule has 1 aromatic heterocycles. The third-order valence-electron chi connectivity index (χ3n) is 5.89. The van der Waals surface area contributed by atoms with Gasteiger partial charge in [0.25, 0.3) is 0 Å². The molecular formula is C23H32N6O. The van der Waals surface area contributed by atoms with Gasteiger partial charge in [-0.05, 0) is 17.7 Å². The second-order valence-electron chi connectivity index (χ2n) is 7.66. The van der Waals surface area contributed by atoms with Gasteiger partial charge in [-0.1, -0.05) is 36.4 Å². The molecule has 1 N–H and O–H groups in total. The molecule has 0 bridgehead atoms. The molecule has 7 heteroatoms. The van der Waals surface area contributed by atoms with E-state index in [2.05, 4.69) is 66.4 Å². The van der Waals surface area contributed by atoms with E-state index in [1.54, 1.807) is 0 Å². The molecule has 160 valence electrons. The Morgan fingerprint density at radius 1 is 1.00 bits per heavy atom. The van der Waals surface area contributed by atoms with E-state index in [-0.39, 0.29) is 0 Å². The average molecular weight is 409 g/mol. The van der Waals surface area contributed by atoms with Crippen LogP contribution in [-0.2, 0) is 4.74 Å². The maximum absolute atomic E-state index is 5.57. The number of guanidine groups is 1. The predicted molar refractivity (Wildman–Crippen MR) is 121 cm³/mol. The molecule has 7 nitrogen and oxygen atoms in total. The molecule has 4 rings (SSSR count). The molecule has 2 saturated heterocycles. The van der Waals surface area contributed by atoms with Gasteiger partial charge in [0, 0.05) is 59.1 Å². The summed E-state index contributed by atoms with van der Waals surface area (Å²) in [5, 5.41) is 3.65. The van der Waals surface area contributed by atoms with Crippen LogP contribution in [0.25, 0.3) is 0 Å². The van der Waals surface area contributed by atoms with Gasteiger partial charge in [0.05, 0.1) is 19.3 Å². The van der Waals surface area contributed by atoms with Crippen molar-refractivity contribution in [3.8, 4) is 0 Å². The van der Waals surface area contributed by atoms with E-state index < -0.39 is 0 Å². The van der Waals surface area contributed by atoms with E-state index in [4.69, 9.17) is 4.74 Å². The molecule has 1 atom stereocenters. The number of aromatic nitrogens is 1. The monoisotopic (exact) mass is 408 g/mol. The SMILES string of the molecule is CN=C(NCC(c1ccccc1)N1CCOCC1)N1CCN(c2ccccn2)CC1. The Hall–Kier alpha value is -2.64. The molecule has 2 aliphatic heterocycles. The Bertz CT molecular complexity index is 786. The van der Waals surface area contributed by atoms with Crippen molar-refractivity contribution in [2.24, 2.45) is 4.99 Å². The minimum Gasteiger partial charge on any atom is -0.379 e. The smallest absolute Gasteiger partial charge is 0.193 e. The predicted octanol–water partition coefficient (Wildman–Crippen LogP) is 1.85. The van der Waals surface area contributed by atoms with Crippen molar-refractivity contribution in [2.75, 3.05) is 71.0 Å². The van der Waals surface area contributed by atoms with Crippen LogP contribution in [0.1, 0.15) is 11.6 Å². The fourth-order valence-electron chi connectivity index (χ4n) is 4.23. The first kappa shape index (κ1) is 20.6. The number of morpholine rings is 1. The highest BCUT2D eigenvalue weighted by atomic mass is 16.5. The van der Waals surface area contributed by atoms with Gasteiger partial charge in [0.1, 0.15) is 5.82 Å². The van der Waals surface area contributed by atoms with Crippen molar-refractivity contribution in [3.05, 3.63) is 60.3 Å². The van der Waals surface area contributed by atoms with Crippen LogP contribution in [0.5, 0.6) is 0 Å². The largest absolute Gasteiger partial charge is 0.379 e. The normalized spacial score (nSPS) is 19.6. The van der Waals surface area contributed by atoms with Gasteiger partial charge >= 0.3 is 0 Å². The summed E-state index contributed by atoms with van der Waals surface area (Å²) in [7, 11) is 1.87. The maximum Gasteiger partial charge on any atom is 0.193 e. The van der Waals surface area contributed by atoms with Crippen LogP contribution in [0.3, 0.4) is 0 Å². The molecule has 2 aromatic rings. The van der Waals surface area contributed by atoms with Gasteiger partial charge in [-0.2, -0.15) is 0 Å². The minimum atomic E-state index is 0.307.